The zero-order chi connectivity index (χ0) is 25.2. The first kappa shape index (κ1) is 23.7. The molecule has 1 aliphatic carbocycles. The number of benzene rings is 1. The van der Waals surface area contributed by atoms with Gasteiger partial charge in [-0.2, -0.15) is 0 Å². The van der Waals surface area contributed by atoms with E-state index in [-0.39, 0.29) is 17.8 Å². The molecule has 0 spiro atoms. The number of nitrogens with zero attached hydrogens (tertiary/aromatic N) is 5. The van der Waals surface area contributed by atoms with Crippen molar-refractivity contribution < 1.29 is 9.90 Å². The molecule has 6 rings (SSSR count). The van der Waals surface area contributed by atoms with E-state index >= 15 is 0 Å². The fourth-order valence-corrected chi connectivity index (χ4v) is 6.08. The molecule has 2 fully saturated rings. The summed E-state index contributed by atoms with van der Waals surface area (Å²) in [6, 6.07) is 9.61. The van der Waals surface area contributed by atoms with E-state index in [9.17, 15) is 9.90 Å². The van der Waals surface area contributed by atoms with Gasteiger partial charge in [0.25, 0.3) is 0 Å². The van der Waals surface area contributed by atoms with Crippen molar-refractivity contribution in [3.63, 3.8) is 0 Å². The first-order chi connectivity index (χ1) is 18.1. The predicted octanol–water partition coefficient (Wildman–Crippen LogP) is 5.14. The van der Waals surface area contributed by atoms with E-state index in [2.05, 4.69) is 15.6 Å². The third-order valence-electron chi connectivity index (χ3n) is 7.33. The first-order valence-corrected chi connectivity index (χ1v) is 13.9. The summed E-state index contributed by atoms with van der Waals surface area (Å²) in [5, 5.41) is 18.7. The van der Waals surface area contributed by atoms with Gasteiger partial charge in [0.15, 0.2) is 4.96 Å². The van der Waals surface area contributed by atoms with Gasteiger partial charge < -0.3 is 20.6 Å². The number of imidazole rings is 1. The van der Waals surface area contributed by atoms with Crippen LogP contribution in [0.1, 0.15) is 44.9 Å². The van der Waals surface area contributed by atoms with Crippen LogP contribution in [0.2, 0.25) is 0 Å². The van der Waals surface area contributed by atoms with Gasteiger partial charge in [0.1, 0.15) is 11.4 Å². The van der Waals surface area contributed by atoms with Gasteiger partial charge in [-0.3, -0.25) is 4.40 Å². The van der Waals surface area contributed by atoms with Gasteiger partial charge in [0, 0.05) is 48.5 Å². The van der Waals surface area contributed by atoms with Gasteiger partial charge in [-0.05, 0) is 43.9 Å². The molecule has 4 aromatic rings. The third kappa shape index (κ3) is 5.11. The number of hydrogen-bond acceptors (Lipinski definition) is 7. The highest BCUT2D eigenvalue weighted by atomic mass is 32.1. The topological polar surface area (TPSA) is 108 Å². The van der Waals surface area contributed by atoms with Crippen molar-refractivity contribution >= 4 is 28.3 Å². The SMILES string of the molecule is O=C(NC1CCCCC1)N1CCC(Nc2nccc(-c3c(-c4cccc(O)c4)nc4sccn34)n2)CC1. The fraction of sp³-hybridized carbons (Fsp3) is 0.407. The monoisotopic (exact) mass is 517 g/mol. The summed E-state index contributed by atoms with van der Waals surface area (Å²) in [4.78, 5) is 29.6. The van der Waals surface area contributed by atoms with Crippen molar-refractivity contribution in [3.8, 4) is 28.4 Å². The maximum absolute atomic E-state index is 12.7. The highest BCUT2D eigenvalue weighted by Gasteiger charge is 2.26. The molecule has 0 atom stereocenters. The van der Waals surface area contributed by atoms with Gasteiger partial charge in [-0.1, -0.05) is 31.4 Å². The van der Waals surface area contributed by atoms with Crippen molar-refractivity contribution in [3.05, 3.63) is 48.1 Å². The van der Waals surface area contributed by atoms with Crippen LogP contribution in [-0.2, 0) is 0 Å². The summed E-state index contributed by atoms with van der Waals surface area (Å²) >= 11 is 1.55. The van der Waals surface area contributed by atoms with E-state index in [1.54, 1.807) is 29.7 Å². The minimum absolute atomic E-state index is 0.0728. The average Bonchev–Trinajstić information content (AvgIpc) is 3.52. The van der Waals surface area contributed by atoms with Crippen molar-refractivity contribution in [2.45, 2.75) is 57.0 Å². The second-order valence-corrected chi connectivity index (χ2v) is 10.7. The van der Waals surface area contributed by atoms with Gasteiger partial charge in [0.05, 0.1) is 11.4 Å². The van der Waals surface area contributed by atoms with Crippen molar-refractivity contribution in [1.29, 1.82) is 0 Å². The number of amides is 2. The van der Waals surface area contributed by atoms with Crippen molar-refractivity contribution in [1.82, 2.24) is 29.6 Å². The smallest absolute Gasteiger partial charge is 0.317 e. The fourth-order valence-electron chi connectivity index (χ4n) is 5.37. The van der Waals surface area contributed by atoms with Crippen LogP contribution in [0.3, 0.4) is 0 Å². The van der Waals surface area contributed by atoms with E-state index in [1.165, 1.54) is 19.3 Å². The number of thiazole rings is 1. The van der Waals surface area contributed by atoms with E-state index in [0.29, 0.717) is 12.0 Å². The number of hydrogen-bond donors (Lipinski definition) is 3. The summed E-state index contributed by atoms with van der Waals surface area (Å²) in [6.07, 6.45) is 11.3. The normalized spacial score (nSPS) is 17.2. The Morgan fingerprint density at radius 1 is 1.03 bits per heavy atom. The number of carbonyl (C=O) groups is 1. The van der Waals surface area contributed by atoms with Crippen LogP contribution in [-0.4, -0.2) is 60.6 Å². The van der Waals surface area contributed by atoms with Crippen LogP contribution in [0.5, 0.6) is 5.75 Å². The summed E-state index contributed by atoms with van der Waals surface area (Å²) in [7, 11) is 0. The Morgan fingerprint density at radius 2 is 1.86 bits per heavy atom. The Labute approximate surface area is 219 Å². The molecule has 0 radical (unpaired) electrons. The molecule has 37 heavy (non-hydrogen) atoms. The molecular formula is C27H31N7O2S. The van der Waals surface area contributed by atoms with Crippen LogP contribution in [0.15, 0.2) is 48.1 Å². The largest absolute Gasteiger partial charge is 0.508 e. The number of urea groups is 1. The molecule has 4 heterocycles. The molecule has 1 saturated carbocycles. The number of piperidine rings is 1. The van der Waals surface area contributed by atoms with Crippen molar-refractivity contribution in [2.24, 2.45) is 0 Å². The molecule has 2 aliphatic rings. The molecule has 1 saturated heterocycles. The molecule has 0 bridgehead atoms. The Bertz CT molecular complexity index is 1390. The Balaban J connectivity index is 1.16. The Morgan fingerprint density at radius 3 is 2.68 bits per heavy atom. The summed E-state index contributed by atoms with van der Waals surface area (Å²) in [6.45, 7) is 1.44. The number of likely N-dealkylation sites (tertiary alicyclic amines) is 1. The Hall–Kier alpha value is -3.66. The van der Waals surface area contributed by atoms with E-state index < -0.39 is 0 Å². The average molecular weight is 518 g/mol. The minimum Gasteiger partial charge on any atom is -0.508 e. The lowest BCUT2D eigenvalue weighted by molar-refractivity contribution is 0.176. The molecule has 0 unspecified atom stereocenters. The molecule has 3 aromatic heterocycles. The van der Waals surface area contributed by atoms with Crippen LogP contribution < -0.4 is 10.6 Å². The molecule has 1 aromatic carbocycles. The summed E-state index contributed by atoms with van der Waals surface area (Å²) in [5.41, 5.74) is 3.22. The predicted molar refractivity (Wildman–Crippen MR) is 145 cm³/mol. The summed E-state index contributed by atoms with van der Waals surface area (Å²) in [5.74, 6) is 0.762. The maximum Gasteiger partial charge on any atom is 0.317 e. The maximum atomic E-state index is 12.7. The molecule has 2 amide bonds. The molecular weight excluding hydrogens is 486 g/mol. The third-order valence-corrected chi connectivity index (χ3v) is 8.08. The standard InChI is InChI=1S/C27H31N7O2S/c35-21-8-4-5-18(17-21)23-24(34-15-16-37-27(34)32-23)22-9-12-28-25(31-22)29-20-10-13-33(14-11-20)26(36)30-19-6-2-1-3-7-19/h4-5,8-9,12,15-17,19-20,35H,1-3,6-7,10-11,13-14H2,(H,30,36)(H,28,29,31). The number of phenolic OH excluding ortho intramolecular Hbond substituents is 1. The number of aromatic hydroxyl groups is 1. The van der Waals surface area contributed by atoms with Crippen LogP contribution >= 0.6 is 11.3 Å². The lowest BCUT2D eigenvalue weighted by Crippen LogP contribution is -2.49. The summed E-state index contributed by atoms with van der Waals surface area (Å²) < 4.78 is 2.03. The highest BCUT2D eigenvalue weighted by molar-refractivity contribution is 7.15. The number of fused-ring (bicyclic) bond motifs is 1. The first-order valence-electron chi connectivity index (χ1n) is 13.0. The number of nitrogens with one attached hydrogen (secondary N) is 2. The van der Waals surface area contributed by atoms with E-state index in [1.807, 2.05) is 39.1 Å². The van der Waals surface area contributed by atoms with Gasteiger partial charge in [0.2, 0.25) is 5.95 Å². The quantitative estimate of drug-likeness (QED) is 0.338. The molecule has 10 heteroatoms. The number of phenols is 1. The zero-order valence-corrected chi connectivity index (χ0v) is 21.5. The van der Waals surface area contributed by atoms with E-state index in [4.69, 9.17) is 9.97 Å². The zero-order valence-electron chi connectivity index (χ0n) is 20.6. The Kier molecular flexibility index (Phi) is 6.65. The second kappa shape index (κ2) is 10.4. The van der Waals surface area contributed by atoms with Crippen LogP contribution in [0, 0.1) is 0 Å². The minimum atomic E-state index is 0.0728. The van der Waals surface area contributed by atoms with Gasteiger partial charge >= 0.3 is 6.03 Å². The van der Waals surface area contributed by atoms with Crippen molar-refractivity contribution in [2.75, 3.05) is 18.4 Å². The second-order valence-electron chi connectivity index (χ2n) is 9.87. The number of anilines is 1. The van der Waals surface area contributed by atoms with Gasteiger partial charge in [-0.15, -0.1) is 11.3 Å². The highest BCUT2D eigenvalue weighted by Crippen LogP contribution is 2.34. The van der Waals surface area contributed by atoms with Gasteiger partial charge in [-0.25, -0.2) is 19.7 Å². The molecule has 192 valence electrons. The molecule has 1 aliphatic heterocycles. The lowest BCUT2D eigenvalue weighted by atomic mass is 9.95. The number of carbonyl (C=O) groups excluding carboxylic acids is 1. The van der Waals surface area contributed by atoms with Crippen LogP contribution in [0.4, 0.5) is 10.7 Å². The van der Waals surface area contributed by atoms with Crippen LogP contribution in [0.25, 0.3) is 27.6 Å². The molecule has 9 nitrogen and oxygen atoms in total. The van der Waals surface area contributed by atoms with E-state index in [0.717, 1.165) is 66.4 Å². The molecule has 3 N–H and O–H groups in total. The lowest BCUT2D eigenvalue weighted by Gasteiger charge is -2.34. The number of rotatable bonds is 5. The number of aromatic nitrogens is 4.